The number of para-hydroxylation sites is 2. The summed E-state index contributed by atoms with van der Waals surface area (Å²) in [5.74, 6) is 0.250. The zero-order chi connectivity index (χ0) is 22.4. The minimum Gasteiger partial charge on any atom is -0.342 e. The number of benzene rings is 2. The zero-order valence-corrected chi connectivity index (χ0v) is 18.2. The summed E-state index contributed by atoms with van der Waals surface area (Å²) in [5.41, 5.74) is 2.04. The van der Waals surface area contributed by atoms with Crippen molar-refractivity contribution in [2.45, 2.75) is 19.5 Å². The van der Waals surface area contributed by atoms with Gasteiger partial charge in [-0.3, -0.25) is 9.59 Å². The predicted octanol–water partition coefficient (Wildman–Crippen LogP) is 4.38. The third-order valence-electron chi connectivity index (χ3n) is 4.85. The van der Waals surface area contributed by atoms with Gasteiger partial charge in [-0.2, -0.15) is 0 Å². The molecular weight excluding hydrogens is 412 g/mol. The molecule has 3 aromatic rings. The number of carbonyl (C=O) groups excluding carboxylic acids is 2. The highest BCUT2D eigenvalue weighted by Gasteiger charge is 2.22. The van der Waals surface area contributed by atoms with E-state index in [2.05, 4.69) is 18.5 Å². The van der Waals surface area contributed by atoms with Crippen LogP contribution in [0.25, 0.3) is 11.0 Å². The highest BCUT2D eigenvalue weighted by atomic mass is 35.5. The van der Waals surface area contributed by atoms with Crippen LogP contribution in [0.4, 0.5) is 0 Å². The van der Waals surface area contributed by atoms with Crippen molar-refractivity contribution < 1.29 is 9.59 Å². The maximum absolute atomic E-state index is 13.0. The Kier molecular flexibility index (Phi) is 7.26. The standard InChI is InChI=1S/C24H25ClN4O2/c1-4-13-28(14-5-2)22(30)16-29-21-12-7-6-11-20(21)27-23(29)17(3)26-24(31)18-9-8-10-19(25)15-18/h4-12,15,17H,1-2,13-14,16H2,3H3,(H,26,31). The SMILES string of the molecule is C=CCN(CC=C)C(=O)Cn1c(C(C)NC(=O)c2cccc(Cl)c2)nc2ccccc21. The molecule has 0 aliphatic heterocycles. The number of hydrogen-bond donors (Lipinski definition) is 1. The molecule has 31 heavy (non-hydrogen) atoms. The second-order valence-corrected chi connectivity index (χ2v) is 7.56. The second-order valence-electron chi connectivity index (χ2n) is 7.13. The molecule has 0 aliphatic rings. The average molecular weight is 437 g/mol. The molecule has 1 N–H and O–H groups in total. The van der Waals surface area contributed by atoms with Crippen molar-refractivity contribution in [3.63, 3.8) is 0 Å². The Balaban J connectivity index is 1.91. The molecular formula is C24H25ClN4O2. The van der Waals surface area contributed by atoms with Crippen molar-refractivity contribution in [2.24, 2.45) is 0 Å². The molecule has 3 rings (SSSR count). The molecule has 1 atom stereocenters. The summed E-state index contributed by atoms with van der Waals surface area (Å²) in [4.78, 5) is 32.0. The van der Waals surface area contributed by atoms with Gasteiger partial charge in [-0.25, -0.2) is 4.98 Å². The van der Waals surface area contributed by atoms with Gasteiger partial charge in [-0.1, -0.05) is 42.0 Å². The van der Waals surface area contributed by atoms with E-state index in [1.807, 2.05) is 35.8 Å². The maximum atomic E-state index is 13.0. The van der Waals surface area contributed by atoms with Gasteiger partial charge in [0.25, 0.3) is 5.91 Å². The minimum absolute atomic E-state index is 0.0856. The third-order valence-corrected chi connectivity index (χ3v) is 5.09. The molecule has 2 aromatic carbocycles. The molecule has 0 aliphatic carbocycles. The number of imidazole rings is 1. The summed E-state index contributed by atoms with van der Waals surface area (Å²) in [6.45, 7) is 10.2. The van der Waals surface area contributed by atoms with Crippen LogP contribution in [0, 0.1) is 0 Å². The Morgan fingerprint density at radius 2 is 1.87 bits per heavy atom. The van der Waals surface area contributed by atoms with Crippen LogP contribution < -0.4 is 5.32 Å². The minimum atomic E-state index is -0.432. The quantitative estimate of drug-likeness (QED) is 0.506. The molecule has 6 nitrogen and oxygen atoms in total. The molecule has 0 fully saturated rings. The highest BCUT2D eigenvalue weighted by molar-refractivity contribution is 6.30. The molecule has 0 saturated heterocycles. The van der Waals surface area contributed by atoms with E-state index in [9.17, 15) is 9.59 Å². The van der Waals surface area contributed by atoms with Crippen molar-refractivity contribution in [1.82, 2.24) is 19.8 Å². The first kappa shape index (κ1) is 22.3. The van der Waals surface area contributed by atoms with Crippen LogP contribution in [0.1, 0.15) is 29.1 Å². The summed E-state index contributed by atoms with van der Waals surface area (Å²) in [6, 6.07) is 13.9. The number of nitrogens with one attached hydrogen (secondary N) is 1. The third kappa shape index (κ3) is 5.22. The monoisotopic (exact) mass is 436 g/mol. The Morgan fingerprint density at radius 1 is 1.16 bits per heavy atom. The highest BCUT2D eigenvalue weighted by Crippen LogP contribution is 2.22. The van der Waals surface area contributed by atoms with Gasteiger partial charge in [0.2, 0.25) is 5.91 Å². The van der Waals surface area contributed by atoms with E-state index in [-0.39, 0.29) is 18.4 Å². The van der Waals surface area contributed by atoms with Crippen LogP contribution >= 0.6 is 11.6 Å². The summed E-state index contributed by atoms with van der Waals surface area (Å²) in [6.07, 6.45) is 3.37. The van der Waals surface area contributed by atoms with Crippen molar-refractivity contribution in [2.75, 3.05) is 13.1 Å². The molecule has 1 heterocycles. The summed E-state index contributed by atoms with van der Waals surface area (Å²) in [5, 5.41) is 3.44. The van der Waals surface area contributed by atoms with Crippen molar-refractivity contribution in [3.8, 4) is 0 Å². The molecule has 0 saturated carbocycles. The van der Waals surface area contributed by atoms with Crippen molar-refractivity contribution in [1.29, 1.82) is 0 Å². The van der Waals surface area contributed by atoms with Crippen molar-refractivity contribution >= 4 is 34.4 Å². The van der Waals surface area contributed by atoms with Gasteiger partial charge >= 0.3 is 0 Å². The molecule has 0 bridgehead atoms. The van der Waals surface area contributed by atoms with Crippen LogP contribution in [-0.4, -0.2) is 39.4 Å². The molecule has 0 radical (unpaired) electrons. The van der Waals surface area contributed by atoms with Crippen LogP contribution in [0.15, 0.2) is 73.8 Å². The molecule has 2 amide bonds. The molecule has 0 spiro atoms. The number of carbonyl (C=O) groups is 2. The van der Waals surface area contributed by atoms with Gasteiger partial charge in [0.15, 0.2) is 0 Å². The van der Waals surface area contributed by atoms with Gasteiger partial charge in [-0.15, -0.1) is 13.2 Å². The number of hydrogen-bond acceptors (Lipinski definition) is 3. The van der Waals surface area contributed by atoms with E-state index in [0.29, 0.717) is 29.5 Å². The smallest absolute Gasteiger partial charge is 0.251 e. The summed E-state index contributed by atoms with van der Waals surface area (Å²) >= 11 is 6.01. The normalized spacial score (nSPS) is 11.7. The van der Waals surface area contributed by atoms with E-state index in [0.717, 1.165) is 11.0 Å². The number of rotatable bonds is 9. The fourth-order valence-electron chi connectivity index (χ4n) is 3.39. The average Bonchev–Trinajstić information content (AvgIpc) is 3.12. The Labute approximate surface area is 186 Å². The summed E-state index contributed by atoms with van der Waals surface area (Å²) < 4.78 is 1.85. The lowest BCUT2D eigenvalue weighted by Gasteiger charge is -2.22. The Bertz CT molecular complexity index is 1110. The number of aromatic nitrogens is 2. The largest absolute Gasteiger partial charge is 0.342 e. The summed E-state index contributed by atoms with van der Waals surface area (Å²) in [7, 11) is 0. The van der Waals surface area contributed by atoms with Crippen LogP contribution in [0.5, 0.6) is 0 Å². The lowest BCUT2D eigenvalue weighted by Crippen LogP contribution is -2.35. The molecule has 1 unspecified atom stereocenters. The first-order chi connectivity index (χ1) is 14.9. The number of fused-ring (bicyclic) bond motifs is 1. The van der Waals surface area contributed by atoms with Crippen LogP contribution in [0.3, 0.4) is 0 Å². The van der Waals surface area contributed by atoms with Crippen molar-refractivity contribution in [3.05, 3.63) is 90.3 Å². The van der Waals surface area contributed by atoms with Crippen LogP contribution in [-0.2, 0) is 11.3 Å². The van der Waals surface area contributed by atoms with E-state index in [1.165, 1.54) is 0 Å². The van der Waals surface area contributed by atoms with Gasteiger partial charge < -0.3 is 14.8 Å². The fourth-order valence-corrected chi connectivity index (χ4v) is 3.58. The number of halogens is 1. The molecule has 160 valence electrons. The Hall–Kier alpha value is -3.38. The van der Waals surface area contributed by atoms with Crippen LogP contribution in [0.2, 0.25) is 5.02 Å². The lowest BCUT2D eigenvalue weighted by atomic mass is 10.2. The number of nitrogens with zero attached hydrogens (tertiary/aromatic N) is 3. The van der Waals surface area contributed by atoms with E-state index in [4.69, 9.17) is 16.6 Å². The van der Waals surface area contributed by atoms with E-state index < -0.39 is 6.04 Å². The van der Waals surface area contributed by atoms with E-state index in [1.54, 1.807) is 41.3 Å². The van der Waals surface area contributed by atoms with Gasteiger partial charge in [-0.05, 0) is 37.3 Å². The molecule has 1 aromatic heterocycles. The molecule has 7 heteroatoms. The maximum Gasteiger partial charge on any atom is 0.251 e. The zero-order valence-electron chi connectivity index (χ0n) is 17.4. The first-order valence-electron chi connectivity index (χ1n) is 9.95. The first-order valence-corrected chi connectivity index (χ1v) is 10.3. The number of amides is 2. The van der Waals surface area contributed by atoms with Gasteiger partial charge in [0.1, 0.15) is 12.4 Å². The Morgan fingerprint density at radius 3 is 2.55 bits per heavy atom. The van der Waals surface area contributed by atoms with E-state index >= 15 is 0 Å². The fraction of sp³-hybridized carbons (Fsp3) is 0.208. The van der Waals surface area contributed by atoms with Gasteiger partial charge in [0.05, 0.1) is 17.1 Å². The second kappa shape index (κ2) is 10.1. The lowest BCUT2D eigenvalue weighted by molar-refractivity contribution is -0.130. The topological polar surface area (TPSA) is 67.2 Å². The predicted molar refractivity (Wildman–Crippen MR) is 124 cm³/mol. The van der Waals surface area contributed by atoms with Gasteiger partial charge in [0, 0.05) is 23.7 Å².